The van der Waals surface area contributed by atoms with Crippen molar-refractivity contribution in [1.29, 1.82) is 0 Å². The molecule has 0 radical (unpaired) electrons. The Balaban J connectivity index is 0.00000312. The Kier molecular flexibility index (Phi) is 10.3. The van der Waals surface area contributed by atoms with Crippen LogP contribution in [0, 0.1) is 11.8 Å². The molecule has 0 aliphatic heterocycles. The molecule has 0 saturated carbocycles. The minimum absolute atomic E-state index is 0. The van der Waals surface area contributed by atoms with Gasteiger partial charge >= 0.3 is 0 Å². The van der Waals surface area contributed by atoms with E-state index in [4.69, 9.17) is 20.9 Å². The molecule has 4 N–H and O–H groups in total. The maximum absolute atomic E-state index is 6.02. The fraction of sp³-hybridized carbons (Fsp3) is 0.400. The zero-order valence-electron chi connectivity index (χ0n) is 15.8. The maximum atomic E-state index is 6.02. The first-order chi connectivity index (χ1) is 11.4. The normalized spacial score (nSPS) is 10.2. The molecule has 26 heavy (non-hydrogen) atoms. The van der Waals surface area contributed by atoms with E-state index in [9.17, 15) is 0 Å². The summed E-state index contributed by atoms with van der Waals surface area (Å²) in [5, 5.41) is 0. The molecule has 0 aliphatic carbocycles. The van der Waals surface area contributed by atoms with Crippen LogP contribution in [0.15, 0.2) is 36.4 Å². The van der Waals surface area contributed by atoms with Gasteiger partial charge in [-0.1, -0.05) is 39.8 Å². The number of hydrogen-bond donors (Lipinski definition) is 2. The number of hydrogen-bond acceptors (Lipinski definition) is 4. The number of benzene rings is 2. The van der Waals surface area contributed by atoms with Gasteiger partial charge in [-0.25, -0.2) is 0 Å². The molecule has 0 unspecified atom stereocenters. The highest BCUT2D eigenvalue weighted by molar-refractivity contribution is 5.85. The number of rotatable bonds is 7. The van der Waals surface area contributed by atoms with Crippen molar-refractivity contribution in [3.8, 4) is 22.6 Å². The lowest BCUT2D eigenvalue weighted by Gasteiger charge is -2.14. The molecule has 0 atom stereocenters. The molecule has 0 aromatic heterocycles. The summed E-state index contributed by atoms with van der Waals surface area (Å²) in [5.41, 5.74) is 15.4. The van der Waals surface area contributed by atoms with Crippen LogP contribution in [0.1, 0.15) is 27.7 Å². The lowest BCUT2D eigenvalue weighted by Crippen LogP contribution is -2.06. The molecule has 0 fully saturated rings. The lowest BCUT2D eigenvalue weighted by atomic mass is 10.0. The van der Waals surface area contributed by atoms with E-state index in [1.165, 1.54) is 0 Å². The summed E-state index contributed by atoms with van der Waals surface area (Å²) in [6.07, 6.45) is 0. The van der Waals surface area contributed by atoms with Crippen molar-refractivity contribution in [2.75, 3.05) is 24.7 Å². The Morgan fingerprint density at radius 2 is 1.04 bits per heavy atom. The monoisotopic (exact) mass is 400 g/mol. The summed E-state index contributed by atoms with van der Waals surface area (Å²) >= 11 is 0. The van der Waals surface area contributed by atoms with Gasteiger partial charge < -0.3 is 20.9 Å². The molecular formula is C20H30Cl2N2O2. The summed E-state index contributed by atoms with van der Waals surface area (Å²) in [7, 11) is 0. The summed E-state index contributed by atoms with van der Waals surface area (Å²) < 4.78 is 11.6. The third-order valence-electron chi connectivity index (χ3n) is 3.50. The molecule has 6 heteroatoms. The fourth-order valence-electron chi connectivity index (χ4n) is 2.19. The average Bonchev–Trinajstić information content (AvgIpc) is 2.53. The van der Waals surface area contributed by atoms with Gasteiger partial charge in [0.25, 0.3) is 0 Å². The summed E-state index contributed by atoms with van der Waals surface area (Å²) in [6.45, 7) is 9.71. The molecule has 0 heterocycles. The standard InChI is InChI=1S/C20H28N2O2.2ClH/c1-13(2)11-23-19-9-15(5-7-17(19)21)16-6-8-18(22)20(10-16)24-12-14(3)4;;/h5-10,13-14H,11-12,21-22H2,1-4H3;2*1H. The zero-order valence-corrected chi connectivity index (χ0v) is 17.5. The number of anilines is 2. The van der Waals surface area contributed by atoms with Crippen LogP contribution in [0.3, 0.4) is 0 Å². The van der Waals surface area contributed by atoms with Gasteiger partial charge in [0.2, 0.25) is 0 Å². The van der Waals surface area contributed by atoms with Crippen molar-refractivity contribution in [3.05, 3.63) is 36.4 Å². The van der Waals surface area contributed by atoms with E-state index in [1.807, 2.05) is 36.4 Å². The Morgan fingerprint density at radius 3 is 1.35 bits per heavy atom. The first-order valence-electron chi connectivity index (χ1n) is 8.41. The quantitative estimate of drug-likeness (QED) is 0.607. The van der Waals surface area contributed by atoms with Crippen LogP contribution in [0.5, 0.6) is 11.5 Å². The van der Waals surface area contributed by atoms with Crippen molar-refractivity contribution >= 4 is 36.2 Å². The van der Waals surface area contributed by atoms with Crippen molar-refractivity contribution in [1.82, 2.24) is 0 Å². The third kappa shape index (κ3) is 6.85. The Bertz CT molecular complexity index is 632. The first-order valence-corrected chi connectivity index (χ1v) is 8.41. The second-order valence-corrected chi connectivity index (χ2v) is 6.91. The number of ether oxygens (including phenoxy) is 2. The largest absolute Gasteiger partial charge is 0.491 e. The van der Waals surface area contributed by atoms with E-state index in [1.54, 1.807) is 0 Å². The van der Waals surface area contributed by atoms with Crippen molar-refractivity contribution in [2.24, 2.45) is 11.8 Å². The highest BCUT2D eigenvalue weighted by Crippen LogP contribution is 2.33. The number of halogens is 2. The third-order valence-corrected chi connectivity index (χ3v) is 3.50. The minimum Gasteiger partial charge on any atom is -0.491 e. The summed E-state index contributed by atoms with van der Waals surface area (Å²) in [4.78, 5) is 0. The van der Waals surface area contributed by atoms with E-state index in [0.29, 0.717) is 47.9 Å². The Labute approximate surface area is 169 Å². The molecule has 2 aromatic rings. The van der Waals surface area contributed by atoms with Crippen molar-refractivity contribution in [2.45, 2.75) is 27.7 Å². The van der Waals surface area contributed by atoms with Gasteiger partial charge in [-0.3, -0.25) is 0 Å². The Morgan fingerprint density at radius 1 is 0.692 bits per heavy atom. The van der Waals surface area contributed by atoms with Crippen molar-refractivity contribution in [3.63, 3.8) is 0 Å². The van der Waals surface area contributed by atoms with Crippen molar-refractivity contribution < 1.29 is 9.47 Å². The van der Waals surface area contributed by atoms with Gasteiger partial charge in [0, 0.05) is 0 Å². The lowest BCUT2D eigenvalue weighted by molar-refractivity contribution is 0.272. The SMILES string of the molecule is CC(C)COc1cc(-c2ccc(N)c(OCC(C)C)c2)ccc1N.Cl.Cl. The van der Waals surface area contributed by atoms with Gasteiger partial charge in [0.05, 0.1) is 24.6 Å². The van der Waals surface area contributed by atoms with Gasteiger partial charge in [-0.15, -0.1) is 24.8 Å². The minimum atomic E-state index is 0. The van der Waals surface area contributed by atoms with Gasteiger partial charge in [-0.2, -0.15) is 0 Å². The maximum Gasteiger partial charge on any atom is 0.142 e. The predicted molar refractivity (Wildman–Crippen MR) is 116 cm³/mol. The second kappa shape index (κ2) is 11.0. The first kappa shape index (κ1) is 24.2. The van der Waals surface area contributed by atoms with Crippen LogP contribution < -0.4 is 20.9 Å². The Hall–Kier alpha value is -1.78. The highest BCUT2D eigenvalue weighted by Gasteiger charge is 2.09. The van der Waals surface area contributed by atoms with E-state index < -0.39 is 0 Å². The highest BCUT2D eigenvalue weighted by atomic mass is 35.5. The molecule has 2 aromatic carbocycles. The van der Waals surface area contributed by atoms with E-state index >= 15 is 0 Å². The van der Waals surface area contributed by atoms with Gasteiger partial charge in [-0.05, 0) is 47.2 Å². The summed E-state index contributed by atoms with van der Waals surface area (Å²) in [6, 6.07) is 11.6. The second-order valence-electron chi connectivity index (χ2n) is 6.91. The van der Waals surface area contributed by atoms with E-state index in [0.717, 1.165) is 11.1 Å². The fourth-order valence-corrected chi connectivity index (χ4v) is 2.19. The molecule has 2 rings (SSSR count). The van der Waals surface area contributed by atoms with Crippen LogP contribution in [-0.2, 0) is 0 Å². The topological polar surface area (TPSA) is 70.5 Å². The zero-order chi connectivity index (χ0) is 17.7. The summed E-state index contributed by atoms with van der Waals surface area (Å²) in [5.74, 6) is 2.31. The van der Waals surface area contributed by atoms with Crippen LogP contribution >= 0.6 is 24.8 Å². The van der Waals surface area contributed by atoms with E-state index in [2.05, 4.69) is 27.7 Å². The average molecular weight is 401 g/mol. The molecule has 146 valence electrons. The molecular weight excluding hydrogens is 371 g/mol. The van der Waals surface area contributed by atoms with E-state index in [-0.39, 0.29) is 24.8 Å². The number of nitrogen functional groups attached to an aromatic ring is 2. The molecule has 0 bridgehead atoms. The molecule has 0 amide bonds. The van der Waals surface area contributed by atoms with Crippen LogP contribution in [-0.4, -0.2) is 13.2 Å². The molecule has 0 aliphatic rings. The molecule has 4 nitrogen and oxygen atoms in total. The number of nitrogens with two attached hydrogens (primary N) is 2. The van der Waals surface area contributed by atoms with Crippen LogP contribution in [0.2, 0.25) is 0 Å². The predicted octanol–water partition coefficient (Wildman–Crippen LogP) is 5.43. The smallest absolute Gasteiger partial charge is 0.142 e. The van der Waals surface area contributed by atoms with Crippen LogP contribution in [0.25, 0.3) is 11.1 Å². The van der Waals surface area contributed by atoms with Gasteiger partial charge in [0.1, 0.15) is 11.5 Å². The van der Waals surface area contributed by atoms with Gasteiger partial charge in [0.15, 0.2) is 0 Å². The van der Waals surface area contributed by atoms with Crippen LogP contribution in [0.4, 0.5) is 11.4 Å². The molecule has 0 saturated heterocycles. The molecule has 0 spiro atoms.